The van der Waals surface area contributed by atoms with Crippen LogP contribution in [0.3, 0.4) is 0 Å². The molecule has 8 nitrogen and oxygen atoms in total. The Morgan fingerprint density at radius 2 is 1.71 bits per heavy atom. The molecule has 8 heteroatoms. The Bertz CT molecular complexity index is 1130. The topological polar surface area (TPSA) is 78.9 Å². The quantitative estimate of drug-likeness (QED) is 0.500. The monoisotopic (exact) mass is 473 g/mol. The van der Waals surface area contributed by atoms with Crippen LogP contribution in [0.1, 0.15) is 18.9 Å². The summed E-state index contributed by atoms with van der Waals surface area (Å²) in [4.78, 5) is 31.1. The Morgan fingerprint density at radius 3 is 2.37 bits per heavy atom. The van der Waals surface area contributed by atoms with E-state index in [9.17, 15) is 9.59 Å². The van der Waals surface area contributed by atoms with E-state index < -0.39 is 0 Å². The molecule has 1 aromatic heterocycles. The van der Waals surface area contributed by atoms with Crippen LogP contribution in [-0.2, 0) is 16.1 Å². The minimum absolute atomic E-state index is 0.0211. The number of anilines is 1. The molecule has 2 aromatic carbocycles. The van der Waals surface area contributed by atoms with Crippen molar-refractivity contribution in [3.63, 3.8) is 0 Å². The standard InChI is InChI=1S/C27H31N5O3/c1-3-26(33)32(19-21-8-5-4-6-9-21)20-27(34)31-16-14-30(15-17-31)25-13-12-24(28-29-25)22-10-7-11-23(18-22)35-2/h4-13,18H,3,14-17,19-20H2,1-2H3. The molecular weight excluding hydrogens is 442 g/mol. The van der Waals surface area contributed by atoms with Crippen LogP contribution in [-0.4, -0.2) is 71.6 Å². The van der Waals surface area contributed by atoms with Gasteiger partial charge >= 0.3 is 0 Å². The van der Waals surface area contributed by atoms with Gasteiger partial charge in [-0.1, -0.05) is 49.4 Å². The van der Waals surface area contributed by atoms with Gasteiger partial charge in [0.05, 0.1) is 12.8 Å². The molecule has 0 N–H and O–H groups in total. The van der Waals surface area contributed by atoms with E-state index in [-0.39, 0.29) is 18.4 Å². The predicted octanol–water partition coefficient (Wildman–Crippen LogP) is 3.24. The summed E-state index contributed by atoms with van der Waals surface area (Å²) in [5, 5.41) is 8.80. The number of ether oxygens (including phenoxy) is 1. The molecule has 0 unspecified atom stereocenters. The molecule has 2 amide bonds. The van der Waals surface area contributed by atoms with Gasteiger partial charge in [0.2, 0.25) is 11.8 Å². The number of carbonyl (C=O) groups is 2. The number of hydrogen-bond donors (Lipinski definition) is 0. The molecule has 182 valence electrons. The van der Waals surface area contributed by atoms with Crippen molar-refractivity contribution < 1.29 is 14.3 Å². The zero-order chi connectivity index (χ0) is 24.6. The van der Waals surface area contributed by atoms with E-state index in [0.29, 0.717) is 39.1 Å². The zero-order valence-electron chi connectivity index (χ0n) is 20.3. The molecular formula is C27H31N5O3. The van der Waals surface area contributed by atoms with Crippen molar-refractivity contribution in [2.24, 2.45) is 0 Å². The minimum atomic E-state index is -0.0261. The van der Waals surface area contributed by atoms with Crippen molar-refractivity contribution in [1.82, 2.24) is 20.0 Å². The van der Waals surface area contributed by atoms with Crippen molar-refractivity contribution in [3.05, 3.63) is 72.3 Å². The highest BCUT2D eigenvalue weighted by atomic mass is 16.5. The highest BCUT2D eigenvalue weighted by Crippen LogP contribution is 2.23. The third-order valence-electron chi connectivity index (χ3n) is 6.17. The fourth-order valence-electron chi connectivity index (χ4n) is 4.14. The molecule has 1 aliphatic heterocycles. The average molecular weight is 474 g/mol. The lowest BCUT2D eigenvalue weighted by atomic mass is 10.1. The summed E-state index contributed by atoms with van der Waals surface area (Å²) in [5.74, 6) is 1.52. The van der Waals surface area contributed by atoms with Gasteiger partial charge in [-0.3, -0.25) is 9.59 Å². The number of benzene rings is 2. The number of nitrogens with zero attached hydrogens (tertiary/aromatic N) is 5. The Morgan fingerprint density at radius 1 is 0.943 bits per heavy atom. The normalized spacial score (nSPS) is 13.4. The van der Waals surface area contributed by atoms with Gasteiger partial charge in [0, 0.05) is 44.7 Å². The third-order valence-corrected chi connectivity index (χ3v) is 6.17. The van der Waals surface area contributed by atoms with E-state index in [1.165, 1.54) is 0 Å². The van der Waals surface area contributed by atoms with E-state index in [1.54, 1.807) is 12.0 Å². The lowest BCUT2D eigenvalue weighted by molar-refractivity contribution is -0.141. The van der Waals surface area contributed by atoms with E-state index >= 15 is 0 Å². The Kier molecular flexibility index (Phi) is 7.92. The zero-order valence-corrected chi connectivity index (χ0v) is 20.3. The van der Waals surface area contributed by atoms with E-state index in [4.69, 9.17) is 4.74 Å². The van der Waals surface area contributed by atoms with E-state index in [2.05, 4.69) is 15.1 Å². The van der Waals surface area contributed by atoms with Gasteiger partial charge in [0.1, 0.15) is 12.3 Å². The number of methoxy groups -OCH3 is 1. The molecule has 1 aliphatic rings. The van der Waals surface area contributed by atoms with Gasteiger partial charge in [0.25, 0.3) is 0 Å². The molecule has 0 atom stereocenters. The van der Waals surface area contributed by atoms with Crippen LogP contribution in [0.2, 0.25) is 0 Å². The van der Waals surface area contributed by atoms with Crippen LogP contribution in [0.15, 0.2) is 66.7 Å². The van der Waals surface area contributed by atoms with Gasteiger partial charge in [0.15, 0.2) is 5.82 Å². The third kappa shape index (κ3) is 6.15. The molecule has 0 spiro atoms. The van der Waals surface area contributed by atoms with Crippen molar-refractivity contribution in [3.8, 4) is 17.0 Å². The molecule has 35 heavy (non-hydrogen) atoms. The number of piperazine rings is 1. The number of aromatic nitrogens is 2. The van der Waals surface area contributed by atoms with Crippen molar-refractivity contribution in [1.29, 1.82) is 0 Å². The van der Waals surface area contributed by atoms with Gasteiger partial charge in [-0.15, -0.1) is 10.2 Å². The molecule has 3 aromatic rings. The first-order valence-electron chi connectivity index (χ1n) is 11.9. The van der Waals surface area contributed by atoms with Crippen LogP contribution in [0.25, 0.3) is 11.3 Å². The molecule has 0 bridgehead atoms. The summed E-state index contributed by atoms with van der Waals surface area (Å²) < 4.78 is 5.29. The summed E-state index contributed by atoms with van der Waals surface area (Å²) >= 11 is 0. The summed E-state index contributed by atoms with van der Waals surface area (Å²) in [6.45, 7) is 4.85. The smallest absolute Gasteiger partial charge is 0.242 e. The minimum Gasteiger partial charge on any atom is -0.497 e. The number of carbonyl (C=O) groups excluding carboxylic acids is 2. The number of rotatable bonds is 8. The Labute approximate surface area is 206 Å². The molecule has 2 heterocycles. The summed E-state index contributed by atoms with van der Waals surface area (Å²) in [6.07, 6.45) is 0.373. The SMILES string of the molecule is CCC(=O)N(CC(=O)N1CCN(c2ccc(-c3cccc(OC)c3)nn2)CC1)Cc1ccccc1. The van der Waals surface area contributed by atoms with Crippen LogP contribution in [0, 0.1) is 0 Å². The Hall–Kier alpha value is -3.94. The molecule has 0 radical (unpaired) electrons. The van der Waals surface area contributed by atoms with Crippen LogP contribution >= 0.6 is 0 Å². The highest BCUT2D eigenvalue weighted by Gasteiger charge is 2.25. The Balaban J connectivity index is 1.33. The highest BCUT2D eigenvalue weighted by molar-refractivity contribution is 5.85. The molecule has 0 aliphatic carbocycles. The van der Waals surface area contributed by atoms with E-state index in [1.807, 2.05) is 78.6 Å². The van der Waals surface area contributed by atoms with Gasteiger partial charge in [-0.05, 0) is 29.8 Å². The second kappa shape index (κ2) is 11.5. The van der Waals surface area contributed by atoms with Crippen LogP contribution in [0.5, 0.6) is 5.75 Å². The molecule has 1 saturated heterocycles. The number of hydrogen-bond acceptors (Lipinski definition) is 6. The first kappa shape index (κ1) is 24.2. The van der Waals surface area contributed by atoms with Crippen LogP contribution < -0.4 is 9.64 Å². The summed E-state index contributed by atoms with van der Waals surface area (Å²) in [7, 11) is 1.64. The maximum atomic E-state index is 13.0. The maximum absolute atomic E-state index is 13.0. The van der Waals surface area contributed by atoms with Gasteiger partial charge in [-0.2, -0.15) is 0 Å². The van der Waals surface area contributed by atoms with Crippen molar-refractivity contribution in [2.75, 3.05) is 44.7 Å². The van der Waals surface area contributed by atoms with Gasteiger partial charge < -0.3 is 19.4 Å². The maximum Gasteiger partial charge on any atom is 0.242 e. The largest absolute Gasteiger partial charge is 0.497 e. The molecule has 0 saturated carbocycles. The average Bonchev–Trinajstić information content (AvgIpc) is 2.93. The van der Waals surface area contributed by atoms with Gasteiger partial charge in [-0.25, -0.2) is 0 Å². The lowest BCUT2D eigenvalue weighted by Gasteiger charge is -2.36. The fourth-order valence-corrected chi connectivity index (χ4v) is 4.14. The van der Waals surface area contributed by atoms with Crippen LogP contribution in [0.4, 0.5) is 5.82 Å². The summed E-state index contributed by atoms with van der Waals surface area (Å²) in [6, 6.07) is 21.4. The van der Waals surface area contributed by atoms with Crippen molar-refractivity contribution >= 4 is 17.6 Å². The molecule has 1 fully saturated rings. The number of amides is 2. The fraction of sp³-hybridized carbons (Fsp3) is 0.333. The molecule has 4 rings (SSSR count). The second-order valence-corrected chi connectivity index (χ2v) is 8.47. The van der Waals surface area contributed by atoms with E-state index in [0.717, 1.165) is 28.4 Å². The first-order chi connectivity index (χ1) is 17.1. The second-order valence-electron chi connectivity index (χ2n) is 8.47. The lowest BCUT2D eigenvalue weighted by Crippen LogP contribution is -2.52. The van der Waals surface area contributed by atoms with Crippen molar-refractivity contribution in [2.45, 2.75) is 19.9 Å². The predicted molar refractivity (Wildman–Crippen MR) is 135 cm³/mol. The summed E-state index contributed by atoms with van der Waals surface area (Å²) in [5.41, 5.74) is 2.74. The first-order valence-corrected chi connectivity index (χ1v) is 11.9.